The van der Waals surface area contributed by atoms with Gasteiger partial charge in [0.15, 0.2) is 11.5 Å². The Bertz CT molecular complexity index is 1260. The monoisotopic (exact) mass is 456 g/mol. The number of nitrogens with zero attached hydrogens (tertiary/aromatic N) is 1. The van der Waals surface area contributed by atoms with Crippen LogP contribution in [-0.4, -0.2) is 31.7 Å². The van der Waals surface area contributed by atoms with Gasteiger partial charge in [0.25, 0.3) is 0 Å². The summed E-state index contributed by atoms with van der Waals surface area (Å²) in [7, 11) is 3.23. The Labute approximate surface area is 190 Å². The van der Waals surface area contributed by atoms with Gasteiger partial charge in [0.1, 0.15) is 12.4 Å². The maximum atomic E-state index is 6.25. The number of aryl methyl sites for hydroxylation is 1. The molecule has 0 saturated carbocycles. The Kier molecular flexibility index (Phi) is 6.25. The summed E-state index contributed by atoms with van der Waals surface area (Å²) in [6.45, 7) is 2.41. The number of methoxy groups -OCH3 is 2. The van der Waals surface area contributed by atoms with Gasteiger partial charge in [-0.3, -0.25) is 4.98 Å². The number of alkyl halides is 1. The van der Waals surface area contributed by atoms with E-state index in [0.29, 0.717) is 34.8 Å². The lowest BCUT2D eigenvalue weighted by Gasteiger charge is -2.15. The second-order valence-corrected chi connectivity index (χ2v) is 7.83. The molecule has 1 N–H and O–H groups in total. The van der Waals surface area contributed by atoms with Gasteiger partial charge < -0.3 is 19.5 Å². The fourth-order valence-electron chi connectivity index (χ4n) is 3.52. The fourth-order valence-corrected chi connectivity index (χ4v) is 3.89. The van der Waals surface area contributed by atoms with Gasteiger partial charge in [0.05, 0.1) is 30.6 Å². The Balaban J connectivity index is 1.81. The van der Waals surface area contributed by atoms with E-state index < -0.39 is 0 Å². The predicted octanol–water partition coefficient (Wildman–Crippen LogP) is 6.73. The lowest BCUT2D eigenvalue weighted by atomic mass is 10.0. The molecule has 5 nitrogen and oxygen atoms in total. The standard InChI is InChI=1S/C24H22Cl2N2O3/c1-14-8-18(26)22(29-2)13-20(14)28-19-4-6-27-21-10-16-12-24(31-7-5-25)23(30-3)11-15(16)9-17(19)21/h4,6,8-13H,5,7H2,1-3H3,(H,27,28). The van der Waals surface area contributed by atoms with Crippen LogP contribution in [0.25, 0.3) is 21.7 Å². The van der Waals surface area contributed by atoms with Gasteiger partial charge in [0, 0.05) is 29.0 Å². The van der Waals surface area contributed by atoms with E-state index in [1.54, 1.807) is 20.4 Å². The van der Waals surface area contributed by atoms with E-state index >= 15 is 0 Å². The molecule has 7 heteroatoms. The predicted molar refractivity (Wildman–Crippen MR) is 128 cm³/mol. The van der Waals surface area contributed by atoms with E-state index in [9.17, 15) is 0 Å². The normalized spacial score (nSPS) is 11.0. The second-order valence-electron chi connectivity index (χ2n) is 7.04. The van der Waals surface area contributed by atoms with Crippen LogP contribution in [0, 0.1) is 6.92 Å². The van der Waals surface area contributed by atoms with E-state index in [2.05, 4.69) is 16.4 Å². The molecule has 0 aliphatic rings. The largest absolute Gasteiger partial charge is 0.495 e. The molecule has 0 fully saturated rings. The van der Waals surface area contributed by atoms with Gasteiger partial charge in [-0.2, -0.15) is 0 Å². The minimum Gasteiger partial charge on any atom is -0.495 e. The topological polar surface area (TPSA) is 52.6 Å². The molecule has 3 aromatic carbocycles. The van der Waals surface area contributed by atoms with Crippen LogP contribution in [0.15, 0.2) is 48.7 Å². The van der Waals surface area contributed by atoms with E-state index in [4.69, 9.17) is 37.4 Å². The molecule has 160 valence electrons. The molecule has 0 aliphatic carbocycles. The summed E-state index contributed by atoms with van der Waals surface area (Å²) in [6, 6.07) is 13.8. The lowest BCUT2D eigenvalue weighted by molar-refractivity contribution is 0.313. The highest BCUT2D eigenvalue weighted by atomic mass is 35.5. The van der Waals surface area contributed by atoms with E-state index in [0.717, 1.165) is 38.6 Å². The Hall–Kier alpha value is -2.89. The van der Waals surface area contributed by atoms with E-state index in [1.165, 1.54) is 0 Å². The number of anilines is 2. The summed E-state index contributed by atoms with van der Waals surface area (Å²) in [5.41, 5.74) is 3.72. The third-order valence-electron chi connectivity index (χ3n) is 5.09. The molecule has 0 radical (unpaired) electrons. The Morgan fingerprint density at radius 3 is 2.39 bits per heavy atom. The summed E-state index contributed by atoms with van der Waals surface area (Å²) in [6.07, 6.45) is 1.79. The van der Waals surface area contributed by atoms with Crippen molar-refractivity contribution in [2.24, 2.45) is 0 Å². The lowest BCUT2D eigenvalue weighted by Crippen LogP contribution is -2.00. The molecule has 1 heterocycles. The molecular weight excluding hydrogens is 435 g/mol. The number of halogens is 2. The van der Waals surface area contributed by atoms with Crippen LogP contribution in [0.2, 0.25) is 5.02 Å². The average molecular weight is 457 g/mol. The number of ether oxygens (including phenoxy) is 3. The van der Waals surface area contributed by atoms with E-state index in [-0.39, 0.29) is 0 Å². The number of rotatable bonds is 7. The summed E-state index contributed by atoms with van der Waals surface area (Å²) < 4.78 is 16.6. The zero-order chi connectivity index (χ0) is 22.0. The highest BCUT2D eigenvalue weighted by Gasteiger charge is 2.12. The van der Waals surface area contributed by atoms with Gasteiger partial charge in [-0.25, -0.2) is 0 Å². The zero-order valence-corrected chi connectivity index (χ0v) is 19.0. The maximum absolute atomic E-state index is 6.25. The molecule has 0 atom stereocenters. The van der Waals surface area contributed by atoms with Gasteiger partial charge in [-0.15, -0.1) is 11.6 Å². The molecule has 0 unspecified atom stereocenters. The highest BCUT2D eigenvalue weighted by Crippen LogP contribution is 2.37. The van der Waals surface area contributed by atoms with E-state index in [1.807, 2.05) is 43.3 Å². The first kappa shape index (κ1) is 21.3. The van der Waals surface area contributed by atoms with Crippen LogP contribution in [0.3, 0.4) is 0 Å². The van der Waals surface area contributed by atoms with Crippen LogP contribution in [0.4, 0.5) is 11.4 Å². The van der Waals surface area contributed by atoms with Crippen molar-refractivity contribution in [3.8, 4) is 17.2 Å². The fraction of sp³-hybridized carbons (Fsp3) is 0.208. The first-order valence-electron chi connectivity index (χ1n) is 9.74. The van der Waals surface area contributed by atoms with Gasteiger partial charge in [-0.05, 0) is 59.7 Å². The van der Waals surface area contributed by atoms with Crippen molar-refractivity contribution in [2.75, 3.05) is 32.0 Å². The van der Waals surface area contributed by atoms with Gasteiger partial charge in [-0.1, -0.05) is 11.6 Å². The molecule has 0 amide bonds. The van der Waals surface area contributed by atoms with Crippen molar-refractivity contribution in [1.82, 2.24) is 4.98 Å². The van der Waals surface area contributed by atoms with Crippen molar-refractivity contribution in [3.63, 3.8) is 0 Å². The number of aromatic nitrogens is 1. The summed E-state index contributed by atoms with van der Waals surface area (Å²) >= 11 is 12.0. The zero-order valence-electron chi connectivity index (χ0n) is 17.5. The molecule has 4 aromatic rings. The smallest absolute Gasteiger partial charge is 0.161 e. The molecule has 4 rings (SSSR count). The quantitative estimate of drug-likeness (QED) is 0.246. The van der Waals surface area contributed by atoms with Gasteiger partial charge in [0.2, 0.25) is 0 Å². The van der Waals surface area contributed by atoms with Crippen LogP contribution < -0.4 is 19.5 Å². The van der Waals surface area contributed by atoms with Crippen LogP contribution in [0.1, 0.15) is 5.56 Å². The first-order valence-corrected chi connectivity index (χ1v) is 10.7. The summed E-state index contributed by atoms with van der Waals surface area (Å²) in [5.74, 6) is 2.35. The molecule has 0 spiro atoms. The molecule has 1 aromatic heterocycles. The number of benzene rings is 3. The molecular formula is C24H22Cl2N2O3. The third kappa shape index (κ3) is 4.29. The van der Waals surface area contributed by atoms with Crippen molar-refractivity contribution in [2.45, 2.75) is 6.92 Å². The number of nitrogens with one attached hydrogen (secondary N) is 1. The molecule has 0 bridgehead atoms. The van der Waals surface area contributed by atoms with Crippen molar-refractivity contribution >= 4 is 56.3 Å². The Morgan fingerprint density at radius 2 is 1.65 bits per heavy atom. The third-order valence-corrected chi connectivity index (χ3v) is 5.53. The minimum atomic E-state index is 0.407. The maximum Gasteiger partial charge on any atom is 0.161 e. The SMILES string of the molecule is COc1cc(Nc2ccnc3cc4cc(OCCCl)c(OC)cc4cc23)c(C)cc1Cl. The highest BCUT2D eigenvalue weighted by molar-refractivity contribution is 6.32. The van der Waals surface area contributed by atoms with Crippen molar-refractivity contribution in [1.29, 1.82) is 0 Å². The van der Waals surface area contributed by atoms with Crippen LogP contribution in [0.5, 0.6) is 17.2 Å². The molecule has 31 heavy (non-hydrogen) atoms. The second kappa shape index (κ2) is 9.08. The number of hydrogen-bond acceptors (Lipinski definition) is 5. The minimum absolute atomic E-state index is 0.407. The van der Waals surface area contributed by atoms with Crippen LogP contribution in [-0.2, 0) is 0 Å². The van der Waals surface area contributed by atoms with Gasteiger partial charge >= 0.3 is 0 Å². The number of fused-ring (bicyclic) bond motifs is 2. The molecule has 0 aliphatic heterocycles. The van der Waals surface area contributed by atoms with Crippen molar-refractivity contribution < 1.29 is 14.2 Å². The molecule has 0 saturated heterocycles. The van der Waals surface area contributed by atoms with Crippen LogP contribution >= 0.6 is 23.2 Å². The summed E-state index contributed by atoms with van der Waals surface area (Å²) in [4.78, 5) is 4.56. The Morgan fingerprint density at radius 1 is 0.903 bits per heavy atom. The first-order chi connectivity index (χ1) is 15.0. The summed E-state index contributed by atoms with van der Waals surface area (Å²) in [5, 5.41) is 7.09. The average Bonchev–Trinajstić information content (AvgIpc) is 2.77. The van der Waals surface area contributed by atoms with Crippen molar-refractivity contribution in [3.05, 3.63) is 59.2 Å². The number of pyridine rings is 1. The number of hydrogen-bond donors (Lipinski definition) is 1.